The third-order valence-corrected chi connectivity index (χ3v) is 9.21. The third-order valence-electron chi connectivity index (χ3n) is 9.21. The largest absolute Gasteiger partial charge is 0.490 e. The minimum atomic E-state index is -2.37. The molecule has 54 heavy (non-hydrogen) atoms. The van der Waals surface area contributed by atoms with E-state index in [0.717, 1.165) is 21.5 Å². The summed E-state index contributed by atoms with van der Waals surface area (Å²) in [6, 6.07) is 44.0. The molecule has 6 aromatic carbocycles. The molecule has 0 aliphatic carbocycles. The van der Waals surface area contributed by atoms with E-state index in [2.05, 4.69) is 0 Å². The number of aliphatic hydroxyl groups is 2. The average Bonchev–Trinajstić information content (AvgIpc) is 3.18. The van der Waals surface area contributed by atoms with Crippen molar-refractivity contribution in [3.8, 4) is 11.5 Å². The fourth-order valence-corrected chi connectivity index (χ4v) is 6.58. The van der Waals surface area contributed by atoms with Gasteiger partial charge in [0.2, 0.25) is 0 Å². The van der Waals surface area contributed by atoms with Crippen LogP contribution in [0.5, 0.6) is 11.5 Å². The first kappa shape index (κ1) is 38.0. The zero-order valence-electron chi connectivity index (χ0n) is 30.1. The number of carbonyl (C=O) groups is 2. The van der Waals surface area contributed by atoms with Crippen molar-refractivity contribution in [2.45, 2.75) is 62.6 Å². The van der Waals surface area contributed by atoms with Crippen molar-refractivity contribution in [3.63, 3.8) is 0 Å². The topological polar surface area (TPSA) is 164 Å². The van der Waals surface area contributed by atoms with Gasteiger partial charge in [-0.15, -0.1) is 0 Å². The molecule has 6 atom stereocenters. The van der Waals surface area contributed by atoms with E-state index in [-0.39, 0.29) is 12.8 Å². The molecule has 0 saturated heterocycles. The predicted molar refractivity (Wildman–Crippen MR) is 206 cm³/mol. The molecule has 10 nitrogen and oxygen atoms in total. The summed E-state index contributed by atoms with van der Waals surface area (Å²) in [4.78, 5) is 27.0. The highest BCUT2D eigenvalue weighted by molar-refractivity contribution is 5.89. The first-order valence-electron chi connectivity index (χ1n) is 17.8. The zero-order valence-corrected chi connectivity index (χ0v) is 30.1. The smallest absolute Gasteiger partial charge is 0.340 e. The zero-order chi connectivity index (χ0) is 38.3. The summed E-state index contributed by atoms with van der Waals surface area (Å²) in [5.74, 6) is -1.47. The summed E-state index contributed by atoms with van der Waals surface area (Å²) in [5.41, 5.74) is 10.7. The fraction of sp³-hybridized carbons (Fsp3) is 0.227. The van der Waals surface area contributed by atoms with E-state index in [4.69, 9.17) is 30.4 Å². The number of nitrogens with two attached hydrogens (primary N) is 2. The first-order valence-corrected chi connectivity index (χ1v) is 17.8. The number of fused-ring (bicyclic) bond motifs is 2. The van der Waals surface area contributed by atoms with Crippen LogP contribution in [0.4, 0.5) is 0 Å². The molecule has 6 N–H and O–H groups in total. The number of hydrogen-bond donors (Lipinski definition) is 4. The van der Waals surface area contributed by atoms with Crippen LogP contribution in [0, 0.1) is 0 Å². The van der Waals surface area contributed by atoms with Crippen LogP contribution in [0.3, 0.4) is 0 Å². The normalized spacial score (nSPS) is 15.9. The molecule has 10 heteroatoms. The molecule has 0 spiro atoms. The lowest BCUT2D eigenvalue weighted by Gasteiger charge is -2.35. The second kappa shape index (κ2) is 16.5. The van der Waals surface area contributed by atoms with Gasteiger partial charge in [-0.05, 0) is 36.8 Å². The maximum absolute atomic E-state index is 13.5. The van der Waals surface area contributed by atoms with Crippen molar-refractivity contribution < 1.29 is 38.7 Å². The van der Waals surface area contributed by atoms with Gasteiger partial charge in [0.15, 0.2) is 23.7 Å². The van der Waals surface area contributed by atoms with Gasteiger partial charge in [0, 0.05) is 34.7 Å². The van der Waals surface area contributed by atoms with Crippen LogP contribution in [-0.4, -0.2) is 46.6 Å². The van der Waals surface area contributed by atoms with Crippen LogP contribution < -0.4 is 20.9 Å². The molecule has 0 bridgehead atoms. The van der Waals surface area contributed by atoms with E-state index in [0.29, 0.717) is 22.6 Å². The van der Waals surface area contributed by atoms with Crippen LogP contribution >= 0.6 is 0 Å². The third kappa shape index (κ3) is 8.70. The van der Waals surface area contributed by atoms with E-state index < -0.39 is 47.8 Å². The molecule has 0 fully saturated rings. The van der Waals surface area contributed by atoms with Crippen LogP contribution in [0.15, 0.2) is 146 Å². The summed E-state index contributed by atoms with van der Waals surface area (Å²) in [6.45, 7) is 3.55. The highest BCUT2D eigenvalue weighted by Crippen LogP contribution is 2.33. The van der Waals surface area contributed by atoms with Gasteiger partial charge in [-0.2, -0.15) is 0 Å². The van der Waals surface area contributed by atoms with Gasteiger partial charge in [-0.1, -0.05) is 133 Å². The Morgan fingerprint density at radius 2 is 0.852 bits per heavy atom. The molecule has 0 aliphatic heterocycles. The highest BCUT2D eigenvalue weighted by Gasteiger charge is 2.43. The molecule has 0 heterocycles. The number of ether oxygens (including phenoxy) is 4. The lowest BCUT2D eigenvalue weighted by Crippen LogP contribution is -2.52. The van der Waals surface area contributed by atoms with Crippen molar-refractivity contribution in [1.29, 1.82) is 0 Å². The van der Waals surface area contributed by atoms with Gasteiger partial charge in [-0.3, -0.25) is 11.5 Å². The Kier molecular flexibility index (Phi) is 11.6. The van der Waals surface area contributed by atoms with Gasteiger partial charge in [0.1, 0.15) is 23.7 Å². The minimum Gasteiger partial charge on any atom is -0.490 e. The molecule has 0 aromatic heterocycles. The van der Waals surface area contributed by atoms with Gasteiger partial charge < -0.3 is 29.2 Å². The summed E-state index contributed by atoms with van der Waals surface area (Å²) in [7, 11) is 0. The monoisotopic (exact) mass is 728 g/mol. The quantitative estimate of drug-likeness (QED) is 0.0684. The summed E-state index contributed by atoms with van der Waals surface area (Å²) < 4.78 is 24.0. The molecule has 0 aliphatic rings. The molecule has 0 amide bonds. The molecular weight excluding hydrogens is 684 g/mol. The SMILES string of the molecule is CC(CC(N)(OC(=O)C(O)C(O)C(=O)OC(N)(CC(C)Oc1cccc2ccccc12)c1ccccc1)c1ccccc1)Oc1cccc2ccccc12. The Labute approximate surface area is 313 Å². The molecule has 6 unspecified atom stereocenters. The van der Waals surface area contributed by atoms with Crippen molar-refractivity contribution in [1.82, 2.24) is 0 Å². The number of benzene rings is 6. The molecule has 278 valence electrons. The Morgan fingerprint density at radius 3 is 1.24 bits per heavy atom. The van der Waals surface area contributed by atoms with Gasteiger partial charge in [0.05, 0.1) is 0 Å². The number of carbonyl (C=O) groups excluding carboxylic acids is 2. The molecule has 6 rings (SSSR count). The average molecular weight is 729 g/mol. The molecule has 6 aromatic rings. The van der Waals surface area contributed by atoms with Crippen molar-refractivity contribution in [3.05, 3.63) is 157 Å². The molecule has 0 saturated carbocycles. The summed E-state index contributed by atoms with van der Waals surface area (Å²) in [6.07, 6.45) is -6.03. The number of esters is 2. The van der Waals surface area contributed by atoms with Crippen LogP contribution in [0.2, 0.25) is 0 Å². The van der Waals surface area contributed by atoms with Crippen molar-refractivity contribution >= 4 is 33.5 Å². The van der Waals surface area contributed by atoms with Crippen molar-refractivity contribution in [2.75, 3.05) is 0 Å². The van der Waals surface area contributed by atoms with E-state index in [1.165, 1.54) is 0 Å². The summed E-state index contributed by atoms with van der Waals surface area (Å²) >= 11 is 0. The number of hydrogen-bond acceptors (Lipinski definition) is 10. The van der Waals surface area contributed by atoms with Crippen LogP contribution in [0.25, 0.3) is 21.5 Å². The Balaban J connectivity index is 1.17. The Morgan fingerprint density at radius 1 is 0.519 bits per heavy atom. The highest BCUT2D eigenvalue weighted by atomic mass is 16.6. The second-order valence-electron chi connectivity index (χ2n) is 13.5. The summed E-state index contributed by atoms with van der Waals surface area (Å²) in [5, 5.41) is 25.8. The number of rotatable bonds is 15. The van der Waals surface area contributed by atoms with Crippen LogP contribution in [-0.2, 0) is 30.5 Å². The van der Waals surface area contributed by atoms with E-state index in [1.807, 2.05) is 84.9 Å². The van der Waals surface area contributed by atoms with Gasteiger partial charge >= 0.3 is 11.9 Å². The lowest BCUT2D eigenvalue weighted by atomic mass is 9.96. The minimum absolute atomic E-state index is 0.0479. The lowest BCUT2D eigenvalue weighted by molar-refractivity contribution is -0.193. The Bertz CT molecular complexity index is 2030. The van der Waals surface area contributed by atoms with Gasteiger partial charge in [-0.25, -0.2) is 9.59 Å². The maximum Gasteiger partial charge on any atom is 0.340 e. The van der Waals surface area contributed by atoms with E-state index >= 15 is 0 Å². The first-order chi connectivity index (χ1) is 26.0. The molecular formula is C44H44N2O8. The van der Waals surface area contributed by atoms with Gasteiger partial charge in [0.25, 0.3) is 0 Å². The predicted octanol–water partition coefficient (Wildman–Crippen LogP) is 6.44. The van der Waals surface area contributed by atoms with Crippen molar-refractivity contribution in [2.24, 2.45) is 11.5 Å². The van der Waals surface area contributed by atoms with Crippen LogP contribution in [0.1, 0.15) is 37.8 Å². The number of aliphatic hydroxyl groups excluding tert-OH is 2. The fourth-order valence-electron chi connectivity index (χ4n) is 6.58. The standard InChI is InChI=1S/C44H44N2O8/c1-29(51-37-25-13-17-31-15-9-11-23-35(31)37)27-43(45,33-19-5-3-6-20-33)53-41(49)39(47)40(48)42(50)54-44(46,34-21-7-4-8-22-34)28-30(2)52-38-26-14-18-32-16-10-12-24-36(32)38/h3-26,29-30,39-40,47-48H,27-28,45-46H2,1-2H3. The maximum atomic E-state index is 13.5. The van der Waals surface area contributed by atoms with E-state index in [9.17, 15) is 19.8 Å². The Hall–Kier alpha value is -5.78. The van der Waals surface area contributed by atoms with E-state index in [1.54, 1.807) is 74.5 Å². The second-order valence-corrected chi connectivity index (χ2v) is 13.5. The molecule has 0 radical (unpaired) electrons.